The lowest BCUT2D eigenvalue weighted by atomic mass is 9.70. The fraction of sp³-hybridized carbons (Fsp3) is 0.524. The van der Waals surface area contributed by atoms with Crippen LogP contribution in [0.2, 0.25) is 0 Å². The number of carbonyl (C=O) groups excluding carboxylic acids is 1. The van der Waals surface area contributed by atoms with E-state index < -0.39 is 0 Å². The number of ketones is 1. The third kappa shape index (κ3) is 2.04. The lowest BCUT2D eigenvalue weighted by molar-refractivity contribution is 0.0979. The highest BCUT2D eigenvalue weighted by Crippen LogP contribution is 2.66. The van der Waals surface area contributed by atoms with Crippen LogP contribution in [0.1, 0.15) is 73.3 Å². The molecule has 1 heterocycles. The van der Waals surface area contributed by atoms with Gasteiger partial charge in [-0.05, 0) is 36.7 Å². The first-order valence-corrected chi connectivity index (χ1v) is 10.3. The second-order valence-electron chi connectivity index (χ2n) is 8.64. The Balaban J connectivity index is 1.45. The Kier molecular flexibility index (Phi) is 3.40. The van der Waals surface area contributed by atoms with E-state index in [9.17, 15) is 4.79 Å². The molecule has 5 heteroatoms. The quantitative estimate of drug-likeness (QED) is 0.792. The van der Waals surface area contributed by atoms with Gasteiger partial charge in [0, 0.05) is 16.9 Å². The van der Waals surface area contributed by atoms with Gasteiger partial charge in [-0.15, -0.1) is 5.10 Å². The van der Waals surface area contributed by atoms with E-state index in [-0.39, 0.29) is 21.9 Å². The number of rotatable bonds is 2. The van der Waals surface area contributed by atoms with E-state index in [1.807, 2.05) is 18.2 Å². The van der Waals surface area contributed by atoms with E-state index in [4.69, 9.17) is 4.98 Å². The summed E-state index contributed by atoms with van der Waals surface area (Å²) in [5.74, 6) is 0.666. The number of benzene rings is 1. The van der Waals surface area contributed by atoms with Crippen LogP contribution in [0.5, 0.6) is 0 Å². The number of aromatic nitrogens is 3. The smallest absolute Gasteiger partial charge is 0.210 e. The summed E-state index contributed by atoms with van der Waals surface area (Å²) in [5.41, 5.74) is 4.49. The van der Waals surface area contributed by atoms with Gasteiger partial charge in [0.1, 0.15) is 0 Å². The van der Waals surface area contributed by atoms with Crippen LogP contribution in [-0.4, -0.2) is 26.2 Å². The summed E-state index contributed by atoms with van der Waals surface area (Å²) >= 11 is 1.49. The van der Waals surface area contributed by atoms with Crippen molar-refractivity contribution < 1.29 is 4.79 Å². The zero-order valence-corrected chi connectivity index (χ0v) is 16.3. The molecule has 3 aliphatic carbocycles. The van der Waals surface area contributed by atoms with Gasteiger partial charge in [-0.1, -0.05) is 56.8 Å². The molecule has 26 heavy (non-hydrogen) atoms. The highest BCUT2D eigenvalue weighted by Gasteiger charge is 2.61. The molecule has 0 aliphatic heterocycles. The molecule has 3 aliphatic rings. The number of thioether (sulfide) groups is 1. The highest BCUT2D eigenvalue weighted by atomic mass is 32.2. The van der Waals surface area contributed by atoms with Crippen LogP contribution in [0.4, 0.5) is 0 Å². The topological polar surface area (TPSA) is 55.7 Å². The Labute approximate surface area is 158 Å². The molecule has 1 aromatic carbocycles. The van der Waals surface area contributed by atoms with E-state index in [2.05, 4.69) is 37.0 Å². The Morgan fingerprint density at radius 3 is 2.77 bits per heavy atom. The van der Waals surface area contributed by atoms with Gasteiger partial charge < -0.3 is 0 Å². The average molecular weight is 366 g/mol. The van der Waals surface area contributed by atoms with Crippen molar-refractivity contribution in [1.82, 2.24) is 15.2 Å². The van der Waals surface area contributed by atoms with Gasteiger partial charge in [0.05, 0.1) is 16.6 Å². The number of Topliss-reactive ketones (excluding diaryl/α,β-unsaturated/α-hetero) is 1. The van der Waals surface area contributed by atoms with Crippen molar-refractivity contribution in [2.45, 2.75) is 68.2 Å². The highest BCUT2D eigenvalue weighted by molar-refractivity contribution is 8.00. The van der Waals surface area contributed by atoms with Gasteiger partial charge in [0.25, 0.3) is 0 Å². The van der Waals surface area contributed by atoms with Crippen LogP contribution >= 0.6 is 11.8 Å². The molecule has 1 fully saturated rings. The van der Waals surface area contributed by atoms with Gasteiger partial charge in [-0.2, -0.15) is 5.10 Å². The lowest BCUT2D eigenvalue weighted by Crippen LogP contribution is -2.32. The van der Waals surface area contributed by atoms with E-state index in [0.717, 1.165) is 41.8 Å². The van der Waals surface area contributed by atoms with Gasteiger partial charge in [-0.25, -0.2) is 4.98 Å². The van der Waals surface area contributed by atoms with E-state index >= 15 is 0 Å². The number of aryl methyl sites for hydroxylation is 1. The summed E-state index contributed by atoms with van der Waals surface area (Å²) < 4.78 is 0. The summed E-state index contributed by atoms with van der Waals surface area (Å²) in [7, 11) is 0. The normalized spacial score (nSPS) is 31.0. The number of fused-ring (bicyclic) bond motifs is 6. The summed E-state index contributed by atoms with van der Waals surface area (Å²) in [6.07, 6.45) is 4.12. The second kappa shape index (κ2) is 5.38. The van der Waals surface area contributed by atoms with E-state index in [1.54, 1.807) is 0 Å². The first-order chi connectivity index (χ1) is 12.4. The monoisotopic (exact) mass is 365 g/mol. The molecule has 0 radical (unpaired) electrons. The Morgan fingerprint density at radius 1 is 1.12 bits per heavy atom. The van der Waals surface area contributed by atoms with Crippen molar-refractivity contribution in [3.8, 4) is 0 Å². The lowest BCUT2D eigenvalue weighted by Gasteiger charge is -2.34. The van der Waals surface area contributed by atoms with Gasteiger partial charge >= 0.3 is 0 Å². The molecule has 1 saturated carbocycles. The van der Waals surface area contributed by atoms with Crippen molar-refractivity contribution in [3.63, 3.8) is 0 Å². The Hall–Kier alpha value is -1.75. The molecule has 4 nitrogen and oxygen atoms in total. The Bertz CT molecular complexity index is 925. The summed E-state index contributed by atoms with van der Waals surface area (Å²) in [4.78, 5) is 17.8. The predicted molar refractivity (Wildman–Crippen MR) is 102 cm³/mol. The van der Waals surface area contributed by atoms with Crippen molar-refractivity contribution in [1.29, 1.82) is 0 Å². The second-order valence-corrected chi connectivity index (χ2v) is 9.81. The van der Waals surface area contributed by atoms with Crippen LogP contribution in [-0.2, 0) is 11.8 Å². The maximum atomic E-state index is 12.9. The fourth-order valence-corrected chi connectivity index (χ4v) is 6.18. The fourth-order valence-electron chi connectivity index (χ4n) is 5.22. The molecular weight excluding hydrogens is 342 g/mol. The van der Waals surface area contributed by atoms with Gasteiger partial charge in [-0.3, -0.25) is 4.79 Å². The molecule has 134 valence electrons. The average Bonchev–Trinajstić information content (AvgIpc) is 2.97. The largest absolute Gasteiger partial charge is 0.293 e. The molecule has 0 spiro atoms. The minimum absolute atomic E-state index is 0.0709. The molecule has 0 N–H and O–H groups in total. The van der Waals surface area contributed by atoms with Crippen LogP contribution in [0.15, 0.2) is 29.4 Å². The van der Waals surface area contributed by atoms with Gasteiger partial charge in [0.15, 0.2) is 5.78 Å². The number of nitrogens with zero attached hydrogens (tertiary/aromatic N) is 3. The third-order valence-electron chi connectivity index (χ3n) is 7.27. The molecule has 5 rings (SSSR count). The minimum atomic E-state index is -0.107. The third-order valence-corrected chi connectivity index (χ3v) is 8.39. The maximum absolute atomic E-state index is 12.9. The molecule has 2 bridgehead atoms. The molecule has 0 saturated heterocycles. The minimum Gasteiger partial charge on any atom is -0.293 e. The van der Waals surface area contributed by atoms with Crippen LogP contribution in [0.25, 0.3) is 0 Å². The number of hydrogen-bond acceptors (Lipinski definition) is 5. The summed E-state index contributed by atoms with van der Waals surface area (Å²) in [5, 5.41) is 9.52. The SMILES string of the molecule is CC12CCC(c3nnc(SC4CCc5ccccc5C4=O)nc31)C2(C)C. The summed E-state index contributed by atoms with van der Waals surface area (Å²) in [6, 6.07) is 7.94. The number of carbonyl (C=O) groups is 1. The standard InChI is InChI=1S/C21H23N3OS/c1-20(2)14-10-11-21(20,3)18-16(14)23-24-19(22-18)26-15-9-8-12-6-4-5-7-13(12)17(15)25/h4-7,14-15H,8-11H2,1-3H3. The first-order valence-electron chi connectivity index (χ1n) is 9.46. The zero-order chi connectivity index (χ0) is 18.1. The van der Waals surface area contributed by atoms with Crippen molar-refractivity contribution in [2.75, 3.05) is 0 Å². The summed E-state index contributed by atoms with van der Waals surface area (Å²) in [6.45, 7) is 6.99. The Morgan fingerprint density at radius 2 is 1.92 bits per heavy atom. The zero-order valence-electron chi connectivity index (χ0n) is 15.5. The van der Waals surface area contributed by atoms with Crippen LogP contribution in [0.3, 0.4) is 0 Å². The van der Waals surface area contributed by atoms with Crippen molar-refractivity contribution >= 4 is 17.5 Å². The maximum Gasteiger partial charge on any atom is 0.210 e. The first kappa shape index (κ1) is 16.4. The van der Waals surface area contributed by atoms with Crippen LogP contribution < -0.4 is 0 Å². The molecular formula is C21H23N3OS. The van der Waals surface area contributed by atoms with Crippen LogP contribution in [0, 0.1) is 5.41 Å². The molecule has 2 aromatic rings. The molecule has 0 amide bonds. The van der Waals surface area contributed by atoms with E-state index in [0.29, 0.717) is 11.1 Å². The van der Waals surface area contributed by atoms with Gasteiger partial charge in [0.2, 0.25) is 5.16 Å². The van der Waals surface area contributed by atoms with E-state index in [1.165, 1.54) is 18.2 Å². The predicted octanol–water partition coefficient (Wildman–Crippen LogP) is 4.34. The van der Waals surface area contributed by atoms with Crippen molar-refractivity contribution in [2.24, 2.45) is 5.41 Å². The number of hydrogen-bond donors (Lipinski definition) is 0. The molecule has 1 aromatic heterocycles. The van der Waals surface area contributed by atoms with Crippen molar-refractivity contribution in [3.05, 3.63) is 46.8 Å². The molecule has 3 unspecified atom stereocenters. The molecule has 3 atom stereocenters.